The number of aliphatic hydroxyl groups excluding tert-OH is 1. The minimum atomic E-state index is -0.584. The van der Waals surface area contributed by atoms with Gasteiger partial charge in [-0.3, -0.25) is 4.79 Å². The lowest BCUT2D eigenvalue weighted by molar-refractivity contribution is 0.466. The van der Waals surface area contributed by atoms with Gasteiger partial charge in [0.2, 0.25) is 0 Å². The second-order valence-electron chi connectivity index (χ2n) is 6.02. The Hall–Kier alpha value is -3.25. The van der Waals surface area contributed by atoms with E-state index in [1.54, 1.807) is 43.3 Å². The van der Waals surface area contributed by atoms with Crippen LogP contribution in [-0.2, 0) is 0 Å². The van der Waals surface area contributed by atoms with Gasteiger partial charge in [-0.1, -0.05) is 18.2 Å². The summed E-state index contributed by atoms with van der Waals surface area (Å²) in [6.45, 7) is 1.67. The van der Waals surface area contributed by atoms with Crippen molar-refractivity contribution < 1.29 is 9.52 Å². The quantitative estimate of drug-likeness (QED) is 0.362. The van der Waals surface area contributed by atoms with Crippen molar-refractivity contribution in [3.63, 3.8) is 0 Å². The third-order valence-electron chi connectivity index (χ3n) is 4.18. The van der Waals surface area contributed by atoms with Crippen molar-refractivity contribution in [2.45, 2.75) is 13.0 Å². The van der Waals surface area contributed by atoms with Crippen LogP contribution in [0.25, 0.3) is 38.7 Å². The molecule has 4 rings (SSSR count). The van der Waals surface area contributed by atoms with E-state index in [0.717, 1.165) is 0 Å². The highest BCUT2D eigenvalue weighted by Gasteiger charge is 2.13. The van der Waals surface area contributed by atoms with E-state index in [-0.39, 0.29) is 11.2 Å². The van der Waals surface area contributed by atoms with E-state index in [2.05, 4.69) is 4.98 Å². The van der Waals surface area contributed by atoms with Crippen LogP contribution >= 0.6 is 0 Å². The Morgan fingerprint density at radius 2 is 2.04 bits per heavy atom. The summed E-state index contributed by atoms with van der Waals surface area (Å²) in [7, 11) is 0. The summed E-state index contributed by atoms with van der Waals surface area (Å²) in [6, 6.07) is 10.8. The van der Waals surface area contributed by atoms with Gasteiger partial charge in [-0.2, -0.15) is 0 Å². The minimum absolute atomic E-state index is 0.0131. The summed E-state index contributed by atoms with van der Waals surface area (Å²) in [6.07, 6.45) is 0. The maximum absolute atomic E-state index is 12.5. The molecule has 0 spiro atoms. The molecule has 6 heteroatoms. The Balaban J connectivity index is 2.33. The number of nitrogens with zero attached hydrogens (tertiary/aromatic N) is 1. The van der Waals surface area contributed by atoms with Crippen LogP contribution < -0.4 is 21.7 Å². The van der Waals surface area contributed by atoms with Gasteiger partial charge in [-0.15, -0.1) is 0 Å². The van der Waals surface area contributed by atoms with E-state index in [9.17, 15) is 9.90 Å². The lowest BCUT2D eigenvalue weighted by atomic mass is 10.0. The molecule has 25 heavy (non-hydrogen) atoms. The van der Waals surface area contributed by atoms with Gasteiger partial charge < -0.3 is 20.7 Å². The molecule has 4 aromatic rings. The highest BCUT2D eigenvalue weighted by atomic mass is 16.3. The first kappa shape index (κ1) is 15.3. The molecule has 0 aliphatic carbocycles. The molecule has 0 aliphatic rings. The number of nitrogens with one attached hydrogen (secondary N) is 1. The van der Waals surface area contributed by atoms with Crippen molar-refractivity contribution in [3.05, 3.63) is 63.3 Å². The van der Waals surface area contributed by atoms with E-state index in [1.165, 1.54) is 6.07 Å². The lowest BCUT2D eigenvalue weighted by Gasteiger charge is -2.08. The summed E-state index contributed by atoms with van der Waals surface area (Å²) in [5.74, 6) is -0.0131. The maximum atomic E-state index is 12.5. The smallest absolute Gasteiger partial charge is 0.190 e. The molecule has 1 atom stereocenters. The third-order valence-corrected chi connectivity index (χ3v) is 4.18. The Kier molecular flexibility index (Phi) is 3.30. The molecule has 0 radical (unpaired) electrons. The molecule has 0 unspecified atom stereocenters. The van der Waals surface area contributed by atoms with Gasteiger partial charge in [0.05, 0.1) is 11.4 Å². The lowest BCUT2D eigenvalue weighted by Crippen LogP contribution is -2.24. The molecular weight excluding hydrogens is 318 g/mol. The number of aliphatic hydroxyl groups is 1. The number of aromatic nitrogens is 1. The van der Waals surface area contributed by atoms with Crippen molar-refractivity contribution >= 4 is 38.7 Å². The topological polar surface area (TPSA) is 113 Å². The van der Waals surface area contributed by atoms with Gasteiger partial charge in [-0.25, -0.2) is 4.98 Å². The van der Waals surface area contributed by atoms with Crippen molar-refractivity contribution in [2.75, 3.05) is 0 Å². The first-order chi connectivity index (χ1) is 12.0. The number of rotatable bonds is 1. The minimum Gasteiger partial charge on any atom is -0.510 e. The molecular formula is C19H15N3O3. The predicted molar refractivity (Wildman–Crippen MR) is 96.0 cm³/mol. The normalized spacial score (nSPS) is 14.2. The monoisotopic (exact) mass is 333 g/mol. The Bertz CT molecular complexity index is 1320. The van der Waals surface area contributed by atoms with E-state index in [4.69, 9.17) is 15.6 Å². The highest BCUT2D eigenvalue weighted by Crippen LogP contribution is 2.22. The Labute approximate surface area is 141 Å². The van der Waals surface area contributed by atoms with Crippen LogP contribution in [0.4, 0.5) is 0 Å². The molecule has 0 saturated carbocycles. The summed E-state index contributed by atoms with van der Waals surface area (Å²) in [5, 5.41) is 19.8. The van der Waals surface area contributed by atoms with Crippen LogP contribution in [0.15, 0.2) is 51.7 Å². The zero-order valence-electron chi connectivity index (χ0n) is 13.4. The average Bonchev–Trinajstić information content (AvgIpc) is 2.59. The van der Waals surface area contributed by atoms with Crippen LogP contribution in [-0.4, -0.2) is 16.1 Å². The molecule has 0 fully saturated rings. The Morgan fingerprint density at radius 3 is 2.80 bits per heavy atom. The van der Waals surface area contributed by atoms with Gasteiger partial charge in [0.1, 0.15) is 16.8 Å². The fraction of sp³-hybridized carbons (Fsp3) is 0.105. The molecule has 0 saturated heterocycles. The summed E-state index contributed by atoms with van der Waals surface area (Å²) < 4.78 is 5.81. The van der Waals surface area contributed by atoms with E-state index in [0.29, 0.717) is 43.5 Å². The second kappa shape index (κ2) is 5.39. The van der Waals surface area contributed by atoms with E-state index >= 15 is 0 Å². The van der Waals surface area contributed by atoms with Gasteiger partial charge in [0, 0.05) is 28.1 Å². The number of nitrogens with two attached hydrogens (primary N) is 1. The van der Waals surface area contributed by atoms with Gasteiger partial charge in [0.15, 0.2) is 16.6 Å². The molecule has 4 N–H and O–H groups in total. The van der Waals surface area contributed by atoms with Crippen LogP contribution in [0, 0.1) is 5.41 Å². The fourth-order valence-electron chi connectivity index (χ4n) is 2.98. The van der Waals surface area contributed by atoms with E-state index < -0.39 is 6.04 Å². The van der Waals surface area contributed by atoms with E-state index in [1.807, 2.05) is 0 Å². The predicted octanol–water partition coefficient (Wildman–Crippen LogP) is 1.71. The molecule has 0 amide bonds. The summed E-state index contributed by atoms with van der Waals surface area (Å²) in [4.78, 5) is 17.1. The first-order valence-corrected chi connectivity index (χ1v) is 7.79. The largest absolute Gasteiger partial charge is 0.510 e. The number of hydrogen-bond donors (Lipinski definition) is 3. The summed E-state index contributed by atoms with van der Waals surface area (Å²) in [5.41, 5.74) is 7.37. The molecule has 0 bridgehead atoms. The van der Waals surface area contributed by atoms with Crippen molar-refractivity contribution in [1.29, 1.82) is 5.41 Å². The summed E-state index contributed by atoms with van der Waals surface area (Å²) >= 11 is 0. The van der Waals surface area contributed by atoms with Gasteiger partial charge >= 0.3 is 0 Å². The first-order valence-electron chi connectivity index (χ1n) is 7.79. The standard InChI is InChI=1S/C19H15N3O3/c1-9(20)19(24)12-4-2-3-11-14(23)8-16-18(17(11)12)22-13-6-5-10(21)7-15(13)25-16/h2-9,21,24H,20H2,1H3/t9-/m0/s1. The zero-order valence-corrected chi connectivity index (χ0v) is 13.4. The van der Waals surface area contributed by atoms with Crippen LogP contribution in [0.5, 0.6) is 0 Å². The fourth-order valence-corrected chi connectivity index (χ4v) is 2.98. The molecule has 1 aromatic heterocycles. The van der Waals surface area contributed by atoms with Crippen molar-refractivity contribution in [2.24, 2.45) is 5.73 Å². The number of fused-ring (bicyclic) bond motifs is 4. The third kappa shape index (κ3) is 2.35. The molecule has 0 aliphatic heterocycles. The van der Waals surface area contributed by atoms with Gasteiger partial charge in [0.25, 0.3) is 0 Å². The maximum Gasteiger partial charge on any atom is 0.190 e. The van der Waals surface area contributed by atoms with Crippen LogP contribution in [0.1, 0.15) is 6.92 Å². The van der Waals surface area contributed by atoms with Crippen LogP contribution in [0.2, 0.25) is 0 Å². The average molecular weight is 333 g/mol. The molecule has 1 heterocycles. The van der Waals surface area contributed by atoms with Crippen molar-refractivity contribution in [3.8, 4) is 0 Å². The molecule has 3 aromatic carbocycles. The molecule has 6 nitrogen and oxygen atoms in total. The number of benzene rings is 3. The second-order valence-corrected chi connectivity index (χ2v) is 6.02. The van der Waals surface area contributed by atoms with Gasteiger partial charge in [-0.05, 0) is 19.1 Å². The highest BCUT2D eigenvalue weighted by molar-refractivity contribution is 6.05. The van der Waals surface area contributed by atoms with Crippen LogP contribution in [0.3, 0.4) is 0 Å². The van der Waals surface area contributed by atoms with Crippen molar-refractivity contribution in [1.82, 2.24) is 4.98 Å². The number of hydrogen-bond acceptors (Lipinski definition) is 6. The zero-order chi connectivity index (χ0) is 17.7. The molecule has 124 valence electrons. The Morgan fingerprint density at radius 1 is 1.24 bits per heavy atom. The SMILES string of the molecule is C[C@H](N)C(O)=c1cccc2c(=O)cc3oc4cc(=N)ccc4nc3c12.